The number of alkyl halides is 3. The molecule has 1 aromatic carbocycles. The highest BCUT2D eigenvalue weighted by Crippen LogP contribution is 2.18. The summed E-state index contributed by atoms with van der Waals surface area (Å²) in [6.45, 7) is -0.409. The van der Waals surface area contributed by atoms with Gasteiger partial charge in [0.15, 0.2) is 0 Å². The monoisotopic (exact) mass is 256 g/mol. The van der Waals surface area contributed by atoms with E-state index in [1.54, 1.807) is 30.5 Å². The average Bonchev–Trinajstić information content (AvgIpc) is 2.73. The number of carbonyl (C=O) groups excluding carboxylic acids is 1. The minimum atomic E-state index is -4.25. The average molecular weight is 256 g/mol. The van der Waals surface area contributed by atoms with E-state index in [1.807, 2.05) is 0 Å². The molecule has 18 heavy (non-hydrogen) atoms. The zero-order valence-electron chi connectivity index (χ0n) is 9.34. The van der Waals surface area contributed by atoms with E-state index >= 15 is 0 Å². The maximum Gasteiger partial charge on any atom is 0.390 e. The highest BCUT2D eigenvalue weighted by Gasteiger charge is 2.26. The van der Waals surface area contributed by atoms with Gasteiger partial charge in [-0.1, -0.05) is 0 Å². The van der Waals surface area contributed by atoms with Crippen LogP contribution in [0, 0.1) is 0 Å². The Balaban J connectivity index is 2.00. The van der Waals surface area contributed by atoms with Crippen LogP contribution in [0.1, 0.15) is 16.8 Å². The van der Waals surface area contributed by atoms with E-state index in [-0.39, 0.29) is 0 Å². The van der Waals surface area contributed by atoms with Crippen molar-refractivity contribution < 1.29 is 18.0 Å². The van der Waals surface area contributed by atoms with Crippen molar-refractivity contribution in [2.45, 2.75) is 12.6 Å². The predicted octanol–water partition coefficient (Wildman–Crippen LogP) is 2.85. The number of hydrogen-bond acceptors (Lipinski definition) is 1. The summed E-state index contributed by atoms with van der Waals surface area (Å²) in [6.07, 6.45) is -3.54. The lowest BCUT2D eigenvalue weighted by molar-refractivity contribution is -0.132. The van der Waals surface area contributed by atoms with Crippen LogP contribution >= 0.6 is 0 Å². The third kappa shape index (κ3) is 3.03. The van der Waals surface area contributed by atoms with Crippen LogP contribution in [0.15, 0.2) is 30.5 Å². The summed E-state index contributed by atoms with van der Waals surface area (Å²) in [4.78, 5) is 14.6. The molecule has 0 bridgehead atoms. The standard InChI is InChI=1S/C12H11F3N2O/c13-12(14,15)4-6-17-11(18)9-1-2-10-8(7-9)3-5-16-10/h1-3,5,7,16H,4,6H2,(H,17,18). The van der Waals surface area contributed by atoms with E-state index in [2.05, 4.69) is 10.3 Å². The lowest BCUT2D eigenvalue weighted by Crippen LogP contribution is -2.27. The van der Waals surface area contributed by atoms with E-state index in [9.17, 15) is 18.0 Å². The largest absolute Gasteiger partial charge is 0.390 e. The lowest BCUT2D eigenvalue weighted by atomic mass is 10.1. The van der Waals surface area contributed by atoms with E-state index in [0.29, 0.717) is 5.56 Å². The van der Waals surface area contributed by atoms with Crippen LogP contribution in [0.2, 0.25) is 0 Å². The van der Waals surface area contributed by atoms with E-state index in [1.165, 1.54) is 0 Å². The molecule has 0 aliphatic carbocycles. The fraction of sp³-hybridized carbons (Fsp3) is 0.250. The summed E-state index contributed by atoms with van der Waals surface area (Å²) in [5.74, 6) is -0.498. The fourth-order valence-corrected chi connectivity index (χ4v) is 1.61. The van der Waals surface area contributed by atoms with Gasteiger partial charge in [-0.15, -0.1) is 0 Å². The topological polar surface area (TPSA) is 44.9 Å². The number of amides is 1. The highest BCUT2D eigenvalue weighted by molar-refractivity contribution is 5.98. The van der Waals surface area contributed by atoms with Crippen LogP contribution in [0.25, 0.3) is 10.9 Å². The van der Waals surface area contributed by atoms with Crippen molar-refractivity contribution in [2.75, 3.05) is 6.54 Å². The highest BCUT2D eigenvalue weighted by atomic mass is 19.4. The number of hydrogen-bond donors (Lipinski definition) is 2. The summed E-state index contributed by atoms with van der Waals surface area (Å²) in [5, 5.41) is 3.09. The fourth-order valence-electron chi connectivity index (χ4n) is 1.61. The zero-order valence-corrected chi connectivity index (χ0v) is 9.34. The minimum Gasteiger partial charge on any atom is -0.361 e. The number of carbonyl (C=O) groups is 1. The molecule has 2 rings (SSSR count). The van der Waals surface area contributed by atoms with Crippen LogP contribution in [0.5, 0.6) is 0 Å². The summed E-state index contributed by atoms with van der Waals surface area (Å²) in [5.41, 5.74) is 1.23. The van der Waals surface area contributed by atoms with Crippen LogP contribution in [-0.2, 0) is 0 Å². The normalized spacial score (nSPS) is 11.7. The molecule has 1 heterocycles. The Bertz CT molecular complexity index is 560. The molecule has 0 saturated heterocycles. The van der Waals surface area contributed by atoms with Crippen molar-refractivity contribution in [3.05, 3.63) is 36.0 Å². The van der Waals surface area contributed by atoms with Gasteiger partial charge in [0.05, 0.1) is 6.42 Å². The molecule has 0 saturated carbocycles. The van der Waals surface area contributed by atoms with Gasteiger partial charge in [0.1, 0.15) is 0 Å². The number of rotatable bonds is 3. The third-order valence-electron chi connectivity index (χ3n) is 2.51. The van der Waals surface area contributed by atoms with Gasteiger partial charge in [0, 0.05) is 29.2 Å². The molecule has 0 radical (unpaired) electrons. The quantitative estimate of drug-likeness (QED) is 0.871. The van der Waals surface area contributed by atoms with Crippen molar-refractivity contribution >= 4 is 16.8 Å². The van der Waals surface area contributed by atoms with Crippen LogP contribution in [0.4, 0.5) is 13.2 Å². The molecule has 96 valence electrons. The van der Waals surface area contributed by atoms with Crippen molar-refractivity contribution in [3.63, 3.8) is 0 Å². The molecule has 1 amide bonds. The molecular formula is C12H11F3N2O. The second kappa shape index (κ2) is 4.72. The van der Waals surface area contributed by atoms with Crippen molar-refractivity contribution in [2.24, 2.45) is 0 Å². The Hall–Kier alpha value is -1.98. The Morgan fingerprint density at radius 2 is 2.06 bits per heavy atom. The first-order valence-corrected chi connectivity index (χ1v) is 5.38. The maximum atomic E-state index is 11.9. The SMILES string of the molecule is O=C(NCCC(F)(F)F)c1ccc2[nH]ccc2c1. The smallest absolute Gasteiger partial charge is 0.361 e. The summed E-state index contributed by atoms with van der Waals surface area (Å²) in [7, 11) is 0. The molecule has 0 unspecified atom stereocenters. The van der Waals surface area contributed by atoms with Crippen molar-refractivity contribution in [1.29, 1.82) is 0 Å². The number of aromatic amines is 1. The molecule has 0 atom stereocenters. The molecule has 0 aliphatic rings. The molecule has 0 aliphatic heterocycles. The number of aromatic nitrogens is 1. The molecule has 2 N–H and O–H groups in total. The third-order valence-corrected chi connectivity index (χ3v) is 2.51. The van der Waals surface area contributed by atoms with Gasteiger partial charge >= 0.3 is 6.18 Å². The van der Waals surface area contributed by atoms with E-state index in [0.717, 1.165) is 10.9 Å². The number of fused-ring (bicyclic) bond motifs is 1. The maximum absolute atomic E-state index is 11.9. The number of H-pyrrole nitrogens is 1. The first kappa shape index (κ1) is 12.5. The summed E-state index contributed by atoms with van der Waals surface area (Å²) >= 11 is 0. The van der Waals surface area contributed by atoms with Gasteiger partial charge in [0.2, 0.25) is 0 Å². The summed E-state index contributed by atoms with van der Waals surface area (Å²) in [6, 6.07) is 6.71. The van der Waals surface area contributed by atoms with Crippen LogP contribution in [-0.4, -0.2) is 23.6 Å². The van der Waals surface area contributed by atoms with E-state index in [4.69, 9.17) is 0 Å². The molecular weight excluding hydrogens is 245 g/mol. The summed E-state index contributed by atoms with van der Waals surface area (Å²) < 4.78 is 35.8. The van der Waals surface area contributed by atoms with Crippen LogP contribution in [0.3, 0.4) is 0 Å². The van der Waals surface area contributed by atoms with Gasteiger partial charge in [-0.3, -0.25) is 4.79 Å². The first-order valence-electron chi connectivity index (χ1n) is 5.38. The Morgan fingerprint density at radius 1 is 1.28 bits per heavy atom. The van der Waals surface area contributed by atoms with Gasteiger partial charge < -0.3 is 10.3 Å². The molecule has 0 fully saturated rings. The van der Waals surface area contributed by atoms with E-state index < -0.39 is 25.0 Å². The van der Waals surface area contributed by atoms with Crippen LogP contribution < -0.4 is 5.32 Å². The molecule has 1 aromatic heterocycles. The molecule has 0 spiro atoms. The van der Waals surface area contributed by atoms with Gasteiger partial charge in [-0.25, -0.2) is 0 Å². The van der Waals surface area contributed by atoms with Crippen molar-refractivity contribution in [3.8, 4) is 0 Å². The number of nitrogens with one attached hydrogen (secondary N) is 2. The molecule has 6 heteroatoms. The lowest BCUT2D eigenvalue weighted by Gasteiger charge is -2.07. The Kier molecular flexibility index (Phi) is 3.27. The minimum absolute atomic E-state index is 0.351. The Labute approximate surface area is 101 Å². The second-order valence-corrected chi connectivity index (χ2v) is 3.90. The number of benzene rings is 1. The first-order chi connectivity index (χ1) is 8.46. The predicted molar refractivity (Wildman–Crippen MR) is 61.3 cm³/mol. The van der Waals surface area contributed by atoms with Gasteiger partial charge in [-0.2, -0.15) is 13.2 Å². The zero-order chi connectivity index (χ0) is 13.2. The number of halogens is 3. The van der Waals surface area contributed by atoms with Gasteiger partial charge in [-0.05, 0) is 24.3 Å². The second-order valence-electron chi connectivity index (χ2n) is 3.90. The van der Waals surface area contributed by atoms with Gasteiger partial charge in [0.25, 0.3) is 5.91 Å². The molecule has 3 nitrogen and oxygen atoms in total. The van der Waals surface area contributed by atoms with Crippen molar-refractivity contribution in [1.82, 2.24) is 10.3 Å². The Morgan fingerprint density at radius 3 is 2.78 bits per heavy atom. The molecule has 2 aromatic rings.